The number of nitro groups is 1. The van der Waals surface area contributed by atoms with Crippen LogP contribution >= 0.6 is 0 Å². The SMILES string of the molecule is CCOC(=O)c1ccc(OC(F)(F)F)cc1[N+](=O)[O-]. The van der Waals surface area contributed by atoms with Gasteiger partial charge in [-0.2, -0.15) is 0 Å². The molecule has 0 radical (unpaired) electrons. The molecule has 0 unspecified atom stereocenters. The summed E-state index contributed by atoms with van der Waals surface area (Å²) >= 11 is 0. The van der Waals surface area contributed by atoms with Crippen LogP contribution in [0.4, 0.5) is 18.9 Å². The first-order chi connectivity index (χ1) is 8.74. The van der Waals surface area contributed by atoms with Gasteiger partial charge in [-0.3, -0.25) is 10.1 Å². The van der Waals surface area contributed by atoms with Gasteiger partial charge < -0.3 is 9.47 Å². The molecule has 19 heavy (non-hydrogen) atoms. The Morgan fingerprint density at radius 1 is 1.42 bits per heavy atom. The Labute approximate surface area is 104 Å². The predicted octanol–water partition coefficient (Wildman–Crippen LogP) is 2.67. The van der Waals surface area contributed by atoms with Crippen molar-refractivity contribution < 1.29 is 32.4 Å². The van der Waals surface area contributed by atoms with Crippen molar-refractivity contribution in [3.05, 3.63) is 33.9 Å². The highest BCUT2D eigenvalue weighted by Crippen LogP contribution is 2.29. The summed E-state index contributed by atoms with van der Waals surface area (Å²) in [5, 5.41) is 10.7. The predicted molar refractivity (Wildman–Crippen MR) is 55.7 cm³/mol. The molecule has 9 heteroatoms. The summed E-state index contributed by atoms with van der Waals surface area (Å²) in [4.78, 5) is 21.1. The molecular weight excluding hydrogens is 271 g/mol. The van der Waals surface area contributed by atoms with E-state index >= 15 is 0 Å². The number of alkyl halides is 3. The van der Waals surface area contributed by atoms with Gasteiger partial charge in [-0.05, 0) is 19.1 Å². The second-order valence-corrected chi connectivity index (χ2v) is 3.20. The summed E-state index contributed by atoms with van der Waals surface area (Å²) in [5.41, 5.74) is -1.26. The van der Waals surface area contributed by atoms with Crippen molar-refractivity contribution in [2.45, 2.75) is 13.3 Å². The lowest BCUT2D eigenvalue weighted by Gasteiger charge is -2.09. The fourth-order valence-corrected chi connectivity index (χ4v) is 1.24. The first-order valence-electron chi connectivity index (χ1n) is 4.96. The Balaban J connectivity index is 3.15. The van der Waals surface area contributed by atoms with E-state index in [1.807, 2.05) is 0 Å². The van der Waals surface area contributed by atoms with E-state index in [0.29, 0.717) is 6.07 Å². The molecule has 104 valence electrons. The summed E-state index contributed by atoms with van der Waals surface area (Å²) in [7, 11) is 0. The van der Waals surface area contributed by atoms with Gasteiger partial charge in [0.05, 0.1) is 17.6 Å². The van der Waals surface area contributed by atoms with Crippen molar-refractivity contribution in [1.82, 2.24) is 0 Å². The minimum atomic E-state index is -4.97. The summed E-state index contributed by atoms with van der Waals surface area (Å²) in [6.07, 6.45) is -4.97. The molecule has 1 aromatic carbocycles. The molecular formula is C10H8F3NO5. The Morgan fingerprint density at radius 3 is 2.53 bits per heavy atom. The molecule has 0 aliphatic heterocycles. The van der Waals surface area contributed by atoms with Gasteiger partial charge in [-0.25, -0.2) is 4.79 Å². The average Bonchev–Trinajstić information content (AvgIpc) is 2.26. The first kappa shape index (κ1) is 14.7. The molecule has 0 atom stereocenters. The number of nitro benzene ring substituents is 1. The maximum Gasteiger partial charge on any atom is 0.573 e. The van der Waals surface area contributed by atoms with Crippen molar-refractivity contribution in [3.63, 3.8) is 0 Å². The van der Waals surface area contributed by atoms with Crippen LogP contribution in [0.2, 0.25) is 0 Å². The smallest absolute Gasteiger partial charge is 0.462 e. The standard InChI is InChI=1S/C10H8F3NO5/c1-2-18-9(15)7-4-3-6(19-10(11,12)13)5-8(7)14(16)17/h3-5H,2H2,1H3. The van der Waals surface area contributed by atoms with E-state index in [-0.39, 0.29) is 6.61 Å². The van der Waals surface area contributed by atoms with Gasteiger partial charge in [-0.1, -0.05) is 0 Å². The number of carbonyl (C=O) groups excluding carboxylic acids is 1. The zero-order chi connectivity index (χ0) is 14.6. The Hall–Kier alpha value is -2.32. The minimum Gasteiger partial charge on any atom is -0.462 e. The lowest BCUT2D eigenvalue weighted by molar-refractivity contribution is -0.385. The number of carbonyl (C=O) groups is 1. The fraction of sp³-hybridized carbons (Fsp3) is 0.300. The largest absolute Gasteiger partial charge is 0.573 e. The van der Waals surface area contributed by atoms with Crippen LogP contribution in [0.3, 0.4) is 0 Å². The van der Waals surface area contributed by atoms with Crippen molar-refractivity contribution in [2.24, 2.45) is 0 Å². The molecule has 1 rings (SSSR count). The highest BCUT2D eigenvalue weighted by molar-refractivity contribution is 5.94. The van der Waals surface area contributed by atoms with Crippen LogP contribution in [0.1, 0.15) is 17.3 Å². The number of benzene rings is 1. The normalized spacial score (nSPS) is 10.9. The van der Waals surface area contributed by atoms with E-state index in [9.17, 15) is 28.1 Å². The molecule has 6 nitrogen and oxygen atoms in total. The zero-order valence-electron chi connectivity index (χ0n) is 9.56. The summed E-state index contributed by atoms with van der Waals surface area (Å²) < 4.78 is 44.0. The fourth-order valence-electron chi connectivity index (χ4n) is 1.24. The van der Waals surface area contributed by atoms with Crippen LogP contribution in [0.5, 0.6) is 5.75 Å². The number of nitrogens with zero attached hydrogens (tertiary/aromatic N) is 1. The molecule has 0 aliphatic carbocycles. The molecule has 0 fully saturated rings. The topological polar surface area (TPSA) is 78.7 Å². The van der Waals surface area contributed by atoms with Gasteiger partial charge in [0, 0.05) is 0 Å². The molecule has 0 bridgehead atoms. The van der Waals surface area contributed by atoms with Gasteiger partial charge in [-0.15, -0.1) is 13.2 Å². The summed E-state index contributed by atoms with van der Waals surface area (Å²) in [5.74, 6) is -1.78. The van der Waals surface area contributed by atoms with Crippen LogP contribution in [-0.4, -0.2) is 23.9 Å². The Kier molecular flexibility index (Phi) is 4.30. The lowest BCUT2D eigenvalue weighted by Crippen LogP contribution is -2.17. The van der Waals surface area contributed by atoms with Crippen molar-refractivity contribution in [3.8, 4) is 5.75 Å². The van der Waals surface area contributed by atoms with Gasteiger partial charge in [0.25, 0.3) is 5.69 Å². The van der Waals surface area contributed by atoms with E-state index in [4.69, 9.17) is 0 Å². The minimum absolute atomic E-state index is 0.0171. The first-order valence-corrected chi connectivity index (χ1v) is 4.96. The molecule has 0 heterocycles. The second-order valence-electron chi connectivity index (χ2n) is 3.20. The van der Waals surface area contributed by atoms with Crippen LogP contribution in [0, 0.1) is 10.1 Å². The van der Waals surface area contributed by atoms with Gasteiger partial charge in [0.1, 0.15) is 11.3 Å². The highest BCUT2D eigenvalue weighted by atomic mass is 19.4. The third-order valence-corrected chi connectivity index (χ3v) is 1.89. The second kappa shape index (κ2) is 5.55. The number of hydrogen-bond acceptors (Lipinski definition) is 5. The van der Waals surface area contributed by atoms with Gasteiger partial charge in [0.2, 0.25) is 0 Å². The summed E-state index contributed by atoms with van der Waals surface area (Å²) in [6, 6.07) is 2.16. The van der Waals surface area contributed by atoms with E-state index in [2.05, 4.69) is 9.47 Å². The van der Waals surface area contributed by atoms with E-state index in [1.54, 1.807) is 0 Å². The molecule has 0 aliphatic rings. The number of halogens is 3. The molecule has 1 aromatic rings. The molecule has 0 amide bonds. The number of ether oxygens (including phenoxy) is 2. The molecule has 0 aromatic heterocycles. The van der Waals surface area contributed by atoms with Gasteiger partial charge in [0.15, 0.2) is 0 Å². The van der Waals surface area contributed by atoms with E-state index in [1.165, 1.54) is 6.92 Å². The maximum absolute atomic E-state index is 12.0. The quantitative estimate of drug-likeness (QED) is 0.481. The van der Waals surface area contributed by atoms with Crippen LogP contribution in [0.25, 0.3) is 0 Å². The number of esters is 1. The highest BCUT2D eigenvalue weighted by Gasteiger charge is 2.32. The Morgan fingerprint density at radius 2 is 2.05 bits per heavy atom. The monoisotopic (exact) mass is 279 g/mol. The lowest BCUT2D eigenvalue weighted by atomic mass is 10.1. The molecule has 0 spiro atoms. The van der Waals surface area contributed by atoms with Crippen LogP contribution in [0.15, 0.2) is 18.2 Å². The van der Waals surface area contributed by atoms with E-state index < -0.39 is 34.3 Å². The van der Waals surface area contributed by atoms with Gasteiger partial charge >= 0.3 is 12.3 Å². The van der Waals surface area contributed by atoms with Crippen molar-refractivity contribution >= 4 is 11.7 Å². The number of hydrogen-bond donors (Lipinski definition) is 0. The zero-order valence-corrected chi connectivity index (χ0v) is 9.56. The average molecular weight is 279 g/mol. The third-order valence-electron chi connectivity index (χ3n) is 1.89. The maximum atomic E-state index is 12.0. The van der Waals surface area contributed by atoms with Crippen molar-refractivity contribution in [2.75, 3.05) is 6.61 Å². The van der Waals surface area contributed by atoms with Crippen molar-refractivity contribution in [1.29, 1.82) is 0 Å². The third kappa shape index (κ3) is 4.12. The molecule has 0 N–H and O–H groups in total. The molecule has 0 saturated heterocycles. The molecule has 0 saturated carbocycles. The van der Waals surface area contributed by atoms with Crippen LogP contribution < -0.4 is 4.74 Å². The van der Waals surface area contributed by atoms with E-state index in [0.717, 1.165) is 12.1 Å². The number of rotatable bonds is 4. The van der Waals surface area contributed by atoms with Crippen LogP contribution in [-0.2, 0) is 4.74 Å². The Bertz CT molecular complexity index is 500. The summed E-state index contributed by atoms with van der Waals surface area (Å²) in [6.45, 7) is 1.47.